The lowest BCUT2D eigenvalue weighted by molar-refractivity contribution is -0.117. The van der Waals surface area contributed by atoms with Crippen molar-refractivity contribution in [3.05, 3.63) is 54.1 Å². The maximum Gasteiger partial charge on any atom is 0.255 e. The zero-order valence-electron chi connectivity index (χ0n) is 15.1. The standard InChI is InChI=1S/C21H21N3O2S/c1-14-12-17(14)21(26)23-16-7-4-6-15(13-16)20(25)24-18-8-2-3-9-19(18)27-11-5-10-22/h2-4,6-9,13-14,17H,5,11-12H2,1H3,(H,23,26)(H,24,25). The minimum Gasteiger partial charge on any atom is -0.326 e. The first-order valence-corrected chi connectivity index (χ1v) is 9.88. The summed E-state index contributed by atoms with van der Waals surface area (Å²) in [4.78, 5) is 25.7. The van der Waals surface area contributed by atoms with Crippen LogP contribution in [0.4, 0.5) is 11.4 Å². The van der Waals surface area contributed by atoms with E-state index >= 15 is 0 Å². The Morgan fingerprint density at radius 2 is 1.96 bits per heavy atom. The summed E-state index contributed by atoms with van der Waals surface area (Å²) in [6, 6.07) is 16.6. The Hall–Kier alpha value is -2.78. The van der Waals surface area contributed by atoms with Gasteiger partial charge < -0.3 is 10.6 Å². The summed E-state index contributed by atoms with van der Waals surface area (Å²) < 4.78 is 0. The van der Waals surface area contributed by atoms with E-state index < -0.39 is 0 Å². The SMILES string of the molecule is CC1CC1C(=O)Nc1cccc(C(=O)Nc2ccccc2SCCC#N)c1. The first-order valence-electron chi connectivity index (χ1n) is 8.89. The minimum absolute atomic E-state index is 0.0132. The van der Waals surface area contributed by atoms with Gasteiger partial charge in [0.25, 0.3) is 5.91 Å². The molecule has 0 bridgehead atoms. The minimum atomic E-state index is -0.237. The molecule has 0 saturated heterocycles. The van der Waals surface area contributed by atoms with Gasteiger partial charge in [-0.05, 0) is 42.7 Å². The predicted molar refractivity (Wildman–Crippen MR) is 108 cm³/mol. The lowest BCUT2D eigenvalue weighted by atomic mass is 10.1. The second-order valence-corrected chi connectivity index (χ2v) is 7.73. The Labute approximate surface area is 163 Å². The quantitative estimate of drug-likeness (QED) is 0.547. The molecule has 0 heterocycles. The molecule has 0 radical (unpaired) electrons. The number of rotatable bonds is 7. The fourth-order valence-electron chi connectivity index (χ4n) is 2.76. The molecular formula is C21H21N3O2S. The number of nitrogens with one attached hydrogen (secondary N) is 2. The van der Waals surface area contributed by atoms with E-state index in [0.717, 1.165) is 11.3 Å². The second-order valence-electron chi connectivity index (χ2n) is 6.60. The van der Waals surface area contributed by atoms with E-state index in [-0.39, 0.29) is 17.7 Å². The highest BCUT2D eigenvalue weighted by atomic mass is 32.2. The molecule has 27 heavy (non-hydrogen) atoms. The van der Waals surface area contributed by atoms with Crippen molar-refractivity contribution in [2.75, 3.05) is 16.4 Å². The average molecular weight is 379 g/mol. The summed E-state index contributed by atoms with van der Waals surface area (Å²) in [5.74, 6) is 0.967. The highest BCUT2D eigenvalue weighted by Crippen LogP contribution is 2.38. The highest BCUT2D eigenvalue weighted by Gasteiger charge is 2.39. The number of amides is 2. The largest absolute Gasteiger partial charge is 0.326 e. The molecule has 2 unspecified atom stereocenters. The summed E-state index contributed by atoms with van der Waals surface area (Å²) in [6.07, 6.45) is 1.38. The van der Waals surface area contributed by atoms with Crippen molar-refractivity contribution >= 4 is 35.0 Å². The Kier molecular flexibility index (Phi) is 6.15. The third kappa shape index (κ3) is 5.11. The maximum absolute atomic E-state index is 12.6. The molecule has 0 aromatic heterocycles. The van der Waals surface area contributed by atoms with Crippen LogP contribution in [-0.2, 0) is 4.79 Å². The fourth-order valence-corrected chi connectivity index (χ4v) is 3.62. The lowest BCUT2D eigenvalue weighted by Gasteiger charge is -2.11. The number of carbonyl (C=O) groups is 2. The number of nitriles is 1. The smallest absolute Gasteiger partial charge is 0.255 e. The average Bonchev–Trinajstić information content (AvgIpc) is 3.40. The van der Waals surface area contributed by atoms with Gasteiger partial charge in [-0.3, -0.25) is 9.59 Å². The molecule has 5 nitrogen and oxygen atoms in total. The van der Waals surface area contributed by atoms with Gasteiger partial charge in [-0.25, -0.2) is 0 Å². The second kappa shape index (κ2) is 8.74. The van der Waals surface area contributed by atoms with Gasteiger partial charge in [-0.1, -0.05) is 25.1 Å². The number of para-hydroxylation sites is 1. The first kappa shape index (κ1) is 19.0. The lowest BCUT2D eigenvalue weighted by Crippen LogP contribution is -2.16. The van der Waals surface area contributed by atoms with Crippen LogP contribution in [0.25, 0.3) is 0 Å². The van der Waals surface area contributed by atoms with Crippen molar-refractivity contribution in [3.8, 4) is 6.07 Å². The molecular weight excluding hydrogens is 358 g/mol. The molecule has 0 aliphatic heterocycles. The van der Waals surface area contributed by atoms with Crippen molar-refractivity contribution in [3.63, 3.8) is 0 Å². The molecule has 2 amide bonds. The topological polar surface area (TPSA) is 82.0 Å². The van der Waals surface area contributed by atoms with Gasteiger partial charge in [0.2, 0.25) is 5.91 Å². The number of benzene rings is 2. The molecule has 2 aromatic carbocycles. The van der Waals surface area contributed by atoms with E-state index in [9.17, 15) is 9.59 Å². The van der Waals surface area contributed by atoms with Crippen LogP contribution in [0.15, 0.2) is 53.4 Å². The Morgan fingerprint density at radius 3 is 2.70 bits per heavy atom. The van der Waals surface area contributed by atoms with Crippen molar-refractivity contribution in [2.45, 2.75) is 24.7 Å². The number of hydrogen-bond acceptors (Lipinski definition) is 4. The Balaban J connectivity index is 1.67. The van der Waals surface area contributed by atoms with E-state index in [1.807, 2.05) is 24.3 Å². The number of hydrogen-bond donors (Lipinski definition) is 2. The molecule has 0 spiro atoms. The van der Waals surface area contributed by atoms with Crippen LogP contribution < -0.4 is 10.6 Å². The zero-order chi connectivity index (χ0) is 19.2. The van der Waals surface area contributed by atoms with Crippen LogP contribution in [0.2, 0.25) is 0 Å². The summed E-state index contributed by atoms with van der Waals surface area (Å²) >= 11 is 1.54. The first-order chi connectivity index (χ1) is 13.1. The Morgan fingerprint density at radius 1 is 1.19 bits per heavy atom. The molecule has 2 atom stereocenters. The summed E-state index contributed by atoms with van der Waals surface area (Å²) in [7, 11) is 0. The third-order valence-electron chi connectivity index (χ3n) is 4.45. The van der Waals surface area contributed by atoms with Crippen molar-refractivity contribution in [2.24, 2.45) is 11.8 Å². The number of thioether (sulfide) groups is 1. The van der Waals surface area contributed by atoms with Crippen molar-refractivity contribution in [1.82, 2.24) is 0 Å². The third-order valence-corrected chi connectivity index (χ3v) is 5.52. The van der Waals surface area contributed by atoms with E-state index in [0.29, 0.717) is 35.0 Å². The van der Waals surface area contributed by atoms with E-state index in [1.165, 1.54) is 11.8 Å². The molecule has 3 rings (SSSR count). The summed E-state index contributed by atoms with van der Waals surface area (Å²) in [5.41, 5.74) is 1.82. The van der Waals surface area contributed by atoms with Gasteiger partial charge in [0.1, 0.15) is 0 Å². The van der Waals surface area contributed by atoms with Crippen LogP contribution in [-0.4, -0.2) is 17.6 Å². The van der Waals surface area contributed by atoms with Crippen molar-refractivity contribution in [1.29, 1.82) is 5.26 Å². The van der Waals surface area contributed by atoms with Gasteiger partial charge in [0.05, 0.1) is 11.8 Å². The highest BCUT2D eigenvalue weighted by molar-refractivity contribution is 7.99. The molecule has 138 valence electrons. The number of anilines is 2. The molecule has 6 heteroatoms. The van der Waals surface area contributed by atoms with Crippen LogP contribution in [0.3, 0.4) is 0 Å². The Bertz CT molecular complexity index is 891. The summed E-state index contributed by atoms with van der Waals surface area (Å²) in [5, 5.41) is 14.5. The molecule has 1 aliphatic carbocycles. The number of carbonyl (C=O) groups excluding carboxylic acids is 2. The monoisotopic (exact) mass is 379 g/mol. The van der Waals surface area contributed by atoms with Gasteiger partial charge in [-0.2, -0.15) is 5.26 Å². The fraction of sp³-hybridized carbons (Fsp3) is 0.286. The maximum atomic E-state index is 12.6. The molecule has 2 aromatic rings. The van der Waals surface area contributed by atoms with Crippen LogP contribution >= 0.6 is 11.8 Å². The molecule has 1 aliphatic rings. The molecule has 2 N–H and O–H groups in total. The molecule has 1 fully saturated rings. The summed E-state index contributed by atoms with van der Waals surface area (Å²) in [6.45, 7) is 2.06. The van der Waals surface area contributed by atoms with Crippen LogP contribution in [0.1, 0.15) is 30.1 Å². The normalized spacial score (nSPS) is 17.6. The van der Waals surface area contributed by atoms with Gasteiger partial charge in [0.15, 0.2) is 0 Å². The van der Waals surface area contributed by atoms with Crippen LogP contribution in [0.5, 0.6) is 0 Å². The number of nitrogens with zero attached hydrogens (tertiary/aromatic N) is 1. The van der Waals surface area contributed by atoms with Gasteiger partial charge in [0, 0.05) is 34.2 Å². The van der Waals surface area contributed by atoms with Gasteiger partial charge in [-0.15, -0.1) is 11.8 Å². The van der Waals surface area contributed by atoms with Crippen LogP contribution in [0, 0.1) is 23.2 Å². The predicted octanol–water partition coefficient (Wildman–Crippen LogP) is 4.54. The van der Waals surface area contributed by atoms with Crippen molar-refractivity contribution < 1.29 is 9.59 Å². The van der Waals surface area contributed by atoms with E-state index in [2.05, 4.69) is 23.6 Å². The van der Waals surface area contributed by atoms with E-state index in [1.54, 1.807) is 24.3 Å². The van der Waals surface area contributed by atoms with E-state index in [4.69, 9.17) is 5.26 Å². The van der Waals surface area contributed by atoms with Gasteiger partial charge >= 0.3 is 0 Å². The molecule has 1 saturated carbocycles. The zero-order valence-corrected chi connectivity index (χ0v) is 15.9.